The Bertz CT molecular complexity index is 1230. The van der Waals surface area contributed by atoms with Gasteiger partial charge in [-0.3, -0.25) is 14.9 Å². The Labute approximate surface area is 179 Å². The summed E-state index contributed by atoms with van der Waals surface area (Å²) in [5.41, 5.74) is 1.77. The first-order chi connectivity index (χ1) is 14.6. The Morgan fingerprint density at radius 1 is 1.19 bits per heavy atom. The zero-order valence-electron chi connectivity index (χ0n) is 17.4. The summed E-state index contributed by atoms with van der Waals surface area (Å²) in [5.74, 6) is 0.426. The zero-order valence-corrected chi connectivity index (χ0v) is 18.2. The number of amides is 1. The molecule has 1 aromatic heterocycles. The number of hydrogen-bond donors (Lipinski definition) is 1. The van der Waals surface area contributed by atoms with Gasteiger partial charge < -0.3 is 9.88 Å². The monoisotopic (exact) mass is 445 g/mol. The minimum absolute atomic E-state index is 0.0506. The molecule has 0 fully saturated rings. The minimum Gasteiger partial charge on any atom is -0.328 e. The third-order valence-electron chi connectivity index (χ3n) is 4.83. The number of aromatic nitrogens is 2. The second-order valence-corrected chi connectivity index (χ2v) is 9.21. The standard InChI is InChI=1S/C20H23N5O5S/c1-4-24-18-10-9-16(31(29,30)23(2)3)13-17(18)22-19(24)11-12-20(26)21-14-5-7-15(8-6-14)25(27)28/h5-10,13H,4,11-12H2,1-3H3,(H,21,26). The van der Waals surface area contributed by atoms with Crippen molar-refractivity contribution in [3.05, 3.63) is 58.4 Å². The van der Waals surface area contributed by atoms with Crippen molar-refractivity contribution in [3.8, 4) is 0 Å². The predicted molar refractivity (Wildman–Crippen MR) is 116 cm³/mol. The lowest BCUT2D eigenvalue weighted by molar-refractivity contribution is -0.384. The van der Waals surface area contributed by atoms with Crippen LogP contribution in [0.3, 0.4) is 0 Å². The highest BCUT2D eigenvalue weighted by Crippen LogP contribution is 2.23. The van der Waals surface area contributed by atoms with E-state index in [1.54, 1.807) is 12.1 Å². The van der Waals surface area contributed by atoms with Crippen LogP contribution >= 0.6 is 0 Å². The number of nitro benzene ring substituents is 1. The van der Waals surface area contributed by atoms with Gasteiger partial charge in [0.25, 0.3) is 5.69 Å². The van der Waals surface area contributed by atoms with Crippen molar-refractivity contribution >= 4 is 38.3 Å². The number of rotatable bonds is 8. The molecule has 1 amide bonds. The molecule has 0 saturated carbocycles. The van der Waals surface area contributed by atoms with E-state index in [-0.39, 0.29) is 22.9 Å². The molecule has 0 unspecified atom stereocenters. The lowest BCUT2D eigenvalue weighted by atomic mass is 10.2. The summed E-state index contributed by atoms with van der Waals surface area (Å²) in [5, 5.41) is 13.4. The number of carbonyl (C=O) groups excluding carboxylic acids is 1. The maximum absolute atomic E-state index is 12.4. The van der Waals surface area contributed by atoms with Gasteiger partial charge in [-0.1, -0.05) is 0 Å². The smallest absolute Gasteiger partial charge is 0.269 e. The Morgan fingerprint density at radius 3 is 2.45 bits per heavy atom. The number of sulfonamides is 1. The first-order valence-electron chi connectivity index (χ1n) is 9.59. The van der Waals surface area contributed by atoms with Crippen LogP contribution in [0.25, 0.3) is 11.0 Å². The number of carbonyl (C=O) groups is 1. The summed E-state index contributed by atoms with van der Waals surface area (Å²) >= 11 is 0. The topological polar surface area (TPSA) is 127 Å². The Kier molecular flexibility index (Phi) is 6.37. The van der Waals surface area contributed by atoms with Crippen LogP contribution in [0.2, 0.25) is 0 Å². The van der Waals surface area contributed by atoms with Crippen LogP contribution in [-0.4, -0.2) is 47.2 Å². The van der Waals surface area contributed by atoms with Gasteiger partial charge in [-0.15, -0.1) is 0 Å². The molecule has 3 aromatic rings. The maximum Gasteiger partial charge on any atom is 0.269 e. The van der Waals surface area contributed by atoms with Crippen molar-refractivity contribution in [2.45, 2.75) is 31.2 Å². The number of hydrogen-bond acceptors (Lipinski definition) is 6. The van der Waals surface area contributed by atoms with Crippen molar-refractivity contribution in [3.63, 3.8) is 0 Å². The number of fused-ring (bicyclic) bond motifs is 1. The van der Waals surface area contributed by atoms with Crippen LogP contribution in [0, 0.1) is 10.1 Å². The fourth-order valence-corrected chi connectivity index (χ4v) is 4.11. The first-order valence-corrected chi connectivity index (χ1v) is 11.0. The fraction of sp³-hybridized carbons (Fsp3) is 0.300. The van der Waals surface area contributed by atoms with E-state index in [4.69, 9.17) is 0 Å². The van der Waals surface area contributed by atoms with Gasteiger partial charge >= 0.3 is 0 Å². The summed E-state index contributed by atoms with van der Waals surface area (Å²) < 4.78 is 27.9. The highest BCUT2D eigenvalue weighted by Gasteiger charge is 2.19. The van der Waals surface area contributed by atoms with E-state index < -0.39 is 14.9 Å². The van der Waals surface area contributed by atoms with E-state index >= 15 is 0 Å². The van der Waals surface area contributed by atoms with E-state index in [0.29, 0.717) is 30.0 Å². The number of anilines is 1. The Hall–Kier alpha value is -3.31. The summed E-state index contributed by atoms with van der Waals surface area (Å²) in [7, 11) is -0.627. The average Bonchev–Trinajstić information content (AvgIpc) is 3.09. The molecule has 31 heavy (non-hydrogen) atoms. The van der Waals surface area contributed by atoms with Gasteiger partial charge in [0.2, 0.25) is 15.9 Å². The van der Waals surface area contributed by atoms with Gasteiger partial charge in [-0.25, -0.2) is 17.7 Å². The number of nitro groups is 1. The van der Waals surface area contributed by atoms with Gasteiger partial charge in [0.15, 0.2) is 0 Å². The maximum atomic E-state index is 12.4. The van der Waals surface area contributed by atoms with E-state index in [1.165, 1.54) is 44.4 Å². The molecule has 0 saturated heterocycles. The number of benzene rings is 2. The molecular formula is C20H23N5O5S. The fourth-order valence-electron chi connectivity index (χ4n) is 3.19. The molecule has 0 aliphatic carbocycles. The van der Waals surface area contributed by atoms with Crippen molar-refractivity contribution < 1.29 is 18.1 Å². The van der Waals surface area contributed by atoms with E-state index in [1.807, 2.05) is 11.5 Å². The largest absolute Gasteiger partial charge is 0.328 e. The van der Waals surface area contributed by atoms with Crippen LogP contribution in [0.5, 0.6) is 0 Å². The average molecular weight is 446 g/mol. The summed E-state index contributed by atoms with van der Waals surface area (Å²) in [4.78, 5) is 27.2. The molecule has 11 heteroatoms. The van der Waals surface area contributed by atoms with Crippen LogP contribution in [0.4, 0.5) is 11.4 Å². The molecular weight excluding hydrogens is 422 g/mol. The summed E-state index contributed by atoms with van der Waals surface area (Å²) in [6.07, 6.45) is 0.514. The predicted octanol–water partition coefficient (Wildman–Crippen LogP) is 2.79. The molecule has 0 spiro atoms. The van der Waals surface area contributed by atoms with Crippen LogP contribution in [0.1, 0.15) is 19.2 Å². The Morgan fingerprint density at radius 2 is 1.87 bits per heavy atom. The van der Waals surface area contributed by atoms with Crippen molar-refractivity contribution in [1.82, 2.24) is 13.9 Å². The molecule has 0 bridgehead atoms. The molecule has 3 rings (SSSR count). The highest BCUT2D eigenvalue weighted by molar-refractivity contribution is 7.89. The second-order valence-electron chi connectivity index (χ2n) is 7.06. The third-order valence-corrected chi connectivity index (χ3v) is 6.64. The normalized spacial score (nSPS) is 11.7. The van der Waals surface area contributed by atoms with E-state index in [9.17, 15) is 23.3 Å². The van der Waals surface area contributed by atoms with Crippen LogP contribution < -0.4 is 5.32 Å². The quantitative estimate of drug-likeness (QED) is 0.419. The molecule has 0 aliphatic rings. The lowest BCUT2D eigenvalue weighted by Gasteiger charge is -2.11. The van der Waals surface area contributed by atoms with Crippen molar-refractivity contribution in [2.24, 2.45) is 0 Å². The molecule has 10 nitrogen and oxygen atoms in total. The number of nitrogens with zero attached hydrogens (tertiary/aromatic N) is 4. The lowest BCUT2D eigenvalue weighted by Crippen LogP contribution is -2.22. The second kappa shape index (κ2) is 8.82. The number of imidazole rings is 1. The molecule has 164 valence electrons. The number of nitrogens with one attached hydrogen (secondary N) is 1. The van der Waals surface area contributed by atoms with Crippen LogP contribution in [0.15, 0.2) is 47.4 Å². The molecule has 2 aromatic carbocycles. The molecule has 1 N–H and O–H groups in total. The van der Waals surface area contributed by atoms with Gasteiger partial charge in [0, 0.05) is 51.3 Å². The minimum atomic E-state index is -3.57. The van der Waals surface area contributed by atoms with Crippen LogP contribution in [-0.2, 0) is 27.8 Å². The highest BCUT2D eigenvalue weighted by atomic mass is 32.2. The van der Waals surface area contributed by atoms with Gasteiger partial charge in [0.1, 0.15) is 5.82 Å². The molecule has 1 heterocycles. The van der Waals surface area contributed by atoms with E-state index in [0.717, 1.165) is 9.82 Å². The summed E-state index contributed by atoms with van der Waals surface area (Å²) in [6.45, 7) is 2.57. The Balaban J connectivity index is 1.76. The van der Waals surface area contributed by atoms with Gasteiger partial charge in [-0.05, 0) is 37.3 Å². The third kappa shape index (κ3) is 4.72. The molecule has 0 radical (unpaired) electrons. The number of aryl methyl sites for hydroxylation is 2. The number of non-ortho nitro benzene ring substituents is 1. The SMILES string of the molecule is CCn1c(CCC(=O)Nc2ccc([N+](=O)[O-])cc2)nc2cc(S(=O)(=O)N(C)C)ccc21. The van der Waals surface area contributed by atoms with Crippen molar-refractivity contribution in [1.29, 1.82) is 0 Å². The molecule has 0 aliphatic heterocycles. The summed E-state index contributed by atoms with van der Waals surface area (Å²) in [6, 6.07) is 10.4. The first kappa shape index (κ1) is 22.4. The van der Waals surface area contributed by atoms with Crippen molar-refractivity contribution in [2.75, 3.05) is 19.4 Å². The van der Waals surface area contributed by atoms with E-state index in [2.05, 4.69) is 10.3 Å². The molecule has 0 atom stereocenters. The van der Waals surface area contributed by atoms with Gasteiger partial charge in [-0.2, -0.15) is 0 Å². The zero-order chi connectivity index (χ0) is 22.8. The van der Waals surface area contributed by atoms with Gasteiger partial charge in [0.05, 0.1) is 20.9 Å².